The van der Waals surface area contributed by atoms with Gasteiger partial charge in [-0.05, 0) is 56.3 Å². The fourth-order valence-corrected chi connectivity index (χ4v) is 6.95. The van der Waals surface area contributed by atoms with E-state index in [4.69, 9.17) is 13.8 Å². The highest BCUT2D eigenvalue weighted by Crippen LogP contribution is 2.47. The van der Waals surface area contributed by atoms with Gasteiger partial charge in [-0.2, -0.15) is 0 Å². The molecule has 0 amide bonds. The number of alkyl halides is 2. The molecule has 10 heteroatoms. The molecule has 1 aliphatic rings. The van der Waals surface area contributed by atoms with E-state index in [1.807, 2.05) is 41.0 Å². The Morgan fingerprint density at radius 1 is 1.12 bits per heavy atom. The number of hydrogen-bond donors (Lipinski definition) is 0. The first kappa shape index (κ1) is 24.8. The number of imidazole rings is 1. The lowest BCUT2D eigenvalue weighted by Crippen LogP contribution is -2.30. The minimum atomic E-state index is -3.68. The number of fused-ring (bicyclic) bond motifs is 3. The van der Waals surface area contributed by atoms with E-state index in [-0.39, 0.29) is 48.8 Å². The minimum Gasteiger partial charge on any atom is -0.493 e. The fourth-order valence-electron chi connectivity index (χ4n) is 6.31. The molecule has 1 fully saturated rings. The van der Waals surface area contributed by atoms with Crippen LogP contribution in [0.2, 0.25) is 0 Å². The smallest absolute Gasteiger partial charge is 0.248 e. The Kier molecular flexibility index (Phi) is 6.19. The quantitative estimate of drug-likeness (QED) is 0.200. The lowest BCUT2D eigenvalue weighted by Gasteiger charge is -2.35. The summed E-state index contributed by atoms with van der Waals surface area (Å²) < 4.78 is 88.6. The molecular formula is C32H34F2N4O3S. The molecule has 6 rings (SSSR count). The first-order chi connectivity index (χ1) is 21.2. The van der Waals surface area contributed by atoms with Gasteiger partial charge in [0.2, 0.25) is 5.92 Å². The van der Waals surface area contributed by atoms with Crippen LogP contribution >= 0.6 is 0 Å². The molecule has 0 N–H and O–H groups in total. The molecule has 3 aromatic heterocycles. The van der Waals surface area contributed by atoms with E-state index in [0.29, 0.717) is 38.9 Å². The summed E-state index contributed by atoms with van der Waals surface area (Å²) >= 11 is 0. The number of hydrogen-bond acceptors (Lipinski definition) is 5. The summed E-state index contributed by atoms with van der Waals surface area (Å²) in [5.41, 5.74) is 3.33. The maximum Gasteiger partial charge on any atom is 0.248 e. The molecule has 0 aliphatic heterocycles. The first-order valence-electron chi connectivity index (χ1n) is 15.4. The predicted octanol–water partition coefficient (Wildman–Crippen LogP) is 7.12. The van der Waals surface area contributed by atoms with Crippen LogP contribution in [0.25, 0.3) is 33.2 Å². The maximum atomic E-state index is 14.4. The summed E-state index contributed by atoms with van der Waals surface area (Å²) in [4.78, 5) is 9.05. The Labute approximate surface area is 248 Å². The zero-order valence-corrected chi connectivity index (χ0v) is 24.5. The van der Waals surface area contributed by atoms with E-state index in [1.165, 1.54) is 12.4 Å². The summed E-state index contributed by atoms with van der Waals surface area (Å²) in [6, 6.07) is 14.0. The molecule has 0 bridgehead atoms. The van der Waals surface area contributed by atoms with Gasteiger partial charge < -0.3 is 13.9 Å². The lowest BCUT2D eigenvalue weighted by molar-refractivity contribution is -0.0493. The molecule has 7 nitrogen and oxygen atoms in total. The van der Waals surface area contributed by atoms with Crippen molar-refractivity contribution >= 4 is 31.8 Å². The summed E-state index contributed by atoms with van der Waals surface area (Å²) in [5.74, 6) is -2.61. The molecule has 5 aromatic rings. The summed E-state index contributed by atoms with van der Waals surface area (Å²) in [6.07, 6.45) is 4.17. The second kappa shape index (κ2) is 10.5. The van der Waals surface area contributed by atoms with Crippen LogP contribution < -0.4 is 4.74 Å². The Balaban J connectivity index is 1.73. The van der Waals surface area contributed by atoms with Gasteiger partial charge in [-0.3, -0.25) is 4.98 Å². The Hall–Kier alpha value is -3.79. The number of nitrogens with zero attached hydrogens (tertiary/aromatic N) is 4. The number of ether oxygens (including phenoxy) is 1. The fraction of sp³-hybridized carbons (Fsp3) is 0.375. The van der Waals surface area contributed by atoms with Crippen molar-refractivity contribution in [2.24, 2.45) is 13.0 Å². The van der Waals surface area contributed by atoms with Gasteiger partial charge in [0.1, 0.15) is 5.75 Å². The molecule has 1 unspecified atom stereocenters. The second-order valence-corrected chi connectivity index (χ2v) is 13.1. The van der Waals surface area contributed by atoms with Gasteiger partial charge >= 0.3 is 0 Å². The van der Waals surface area contributed by atoms with Gasteiger partial charge in [0.05, 0.1) is 57.2 Å². The highest BCUT2D eigenvalue weighted by atomic mass is 32.2. The normalized spacial score (nSPS) is 18.1. The molecular weight excluding hydrogens is 558 g/mol. The monoisotopic (exact) mass is 595 g/mol. The molecule has 1 aliphatic carbocycles. The number of sulfone groups is 1. The van der Waals surface area contributed by atoms with Crippen molar-refractivity contribution in [1.29, 1.82) is 0 Å². The SMILES string of the molecule is [2H]C([2H])([2H])c1ncn(C)c1-c1cnc2c3c(OCC)cc(S(C)(=O)=O)cc3n(C(c3ccccc3)C3CCC(F)(F)CC3)c2c1. The van der Waals surface area contributed by atoms with Crippen LogP contribution in [-0.2, 0) is 16.9 Å². The number of benzene rings is 2. The van der Waals surface area contributed by atoms with Gasteiger partial charge in [0.15, 0.2) is 9.84 Å². The van der Waals surface area contributed by atoms with Crippen molar-refractivity contribution in [2.75, 3.05) is 12.9 Å². The predicted molar refractivity (Wildman–Crippen MR) is 160 cm³/mol. The Morgan fingerprint density at radius 3 is 2.52 bits per heavy atom. The van der Waals surface area contributed by atoms with Gasteiger partial charge in [0, 0.05) is 42.0 Å². The Morgan fingerprint density at radius 2 is 1.86 bits per heavy atom. The first-order valence-corrected chi connectivity index (χ1v) is 15.8. The van der Waals surface area contributed by atoms with Crippen LogP contribution in [0.3, 0.4) is 0 Å². The summed E-state index contributed by atoms with van der Waals surface area (Å²) in [7, 11) is -1.97. The standard InChI is InChI=1S/C32H34F2N4O3S/c1-5-41-27-17-24(42(4,39)40)16-25-28(27)29-26(15-23(18-35-29)30-20(2)36-19-37(30)3)38(25)31(21-9-7-6-8-10-21)22-11-13-32(33,34)14-12-22/h6-10,15-19,22,31H,5,11-14H2,1-4H3/i2D3. The van der Waals surface area contributed by atoms with Crippen LogP contribution in [0.4, 0.5) is 8.78 Å². The molecule has 2 aromatic carbocycles. The zero-order chi connectivity index (χ0) is 32.3. The highest BCUT2D eigenvalue weighted by molar-refractivity contribution is 7.90. The van der Waals surface area contributed by atoms with E-state index >= 15 is 0 Å². The number of halogens is 2. The van der Waals surface area contributed by atoms with Gasteiger partial charge in [-0.25, -0.2) is 22.2 Å². The lowest BCUT2D eigenvalue weighted by atomic mass is 9.79. The van der Waals surface area contributed by atoms with E-state index in [0.717, 1.165) is 11.8 Å². The highest BCUT2D eigenvalue weighted by Gasteiger charge is 2.39. The molecule has 42 heavy (non-hydrogen) atoms. The molecule has 0 radical (unpaired) electrons. The van der Waals surface area contributed by atoms with Crippen molar-refractivity contribution in [3.8, 4) is 17.0 Å². The number of aromatic nitrogens is 4. The van der Waals surface area contributed by atoms with Crippen molar-refractivity contribution in [2.45, 2.75) is 56.3 Å². The molecule has 1 atom stereocenters. The summed E-state index contributed by atoms with van der Waals surface area (Å²) in [6.45, 7) is -0.411. The van der Waals surface area contributed by atoms with Crippen LogP contribution in [0.1, 0.15) is 54.0 Å². The number of pyridine rings is 1. The molecule has 220 valence electrons. The van der Waals surface area contributed by atoms with Crippen molar-refractivity contribution in [3.05, 3.63) is 72.3 Å². The maximum absolute atomic E-state index is 14.4. The van der Waals surface area contributed by atoms with E-state index < -0.39 is 28.7 Å². The number of aryl methyl sites for hydroxylation is 2. The van der Waals surface area contributed by atoms with Crippen LogP contribution in [-0.4, -0.2) is 46.3 Å². The summed E-state index contributed by atoms with van der Waals surface area (Å²) in [5, 5.41) is 0.592. The van der Waals surface area contributed by atoms with E-state index in [1.54, 1.807) is 30.8 Å². The average molecular weight is 596 g/mol. The van der Waals surface area contributed by atoms with Crippen LogP contribution in [0.15, 0.2) is 66.0 Å². The topological polar surface area (TPSA) is 79.0 Å². The van der Waals surface area contributed by atoms with E-state index in [9.17, 15) is 17.2 Å². The van der Waals surface area contributed by atoms with Gasteiger partial charge in [-0.1, -0.05) is 30.3 Å². The van der Waals surface area contributed by atoms with Gasteiger partial charge in [-0.15, -0.1) is 0 Å². The van der Waals surface area contributed by atoms with Crippen LogP contribution in [0.5, 0.6) is 5.75 Å². The Bertz CT molecular complexity index is 2000. The van der Waals surface area contributed by atoms with Crippen molar-refractivity contribution in [3.63, 3.8) is 0 Å². The van der Waals surface area contributed by atoms with Gasteiger partial charge in [0.25, 0.3) is 0 Å². The molecule has 0 spiro atoms. The third-order valence-electron chi connectivity index (χ3n) is 8.24. The van der Waals surface area contributed by atoms with Crippen LogP contribution in [0, 0.1) is 12.8 Å². The third kappa shape index (κ3) is 4.95. The average Bonchev–Trinajstić information content (AvgIpc) is 3.52. The third-order valence-corrected chi connectivity index (χ3v) is 9.34. The zero-order valence-electron chi connectivity index (χ0n) is 26.6. The minimum absolute atomic E-state index is 0.0565. The molecule has 0 saturated heterocycles. The molecule has 1 saturated carbocycles. The number of rotatable bonds is 7. The van der Waals surface area contributed by atoms with Crippen molar-refractivity contribution < 1.29 is 26.0 Å². The largest absolute Gasteiger partial charge is 0.493 e. The van der Waals surface area contributed by atoms with E-state index in [2.05, 4.69) is 4.98 Å². The van der Waals surface area contributed by atoms with Crippen molar-refractivity contribution in [1.82, 2.24) is 19.1 Å². The second-order valence-electron chi connectivity index (χ2n) is 11.1. The molecule has 3 heterocycles.